The lowest BCUT2D eigenvalue weighted by molar-refractivity contribution is 0.0714. The number of aryl methyl sites for hydroxylation is 2. The number of fused-ring (bicyclic) bond motifs is 2. The summed E-state index contributed by atoms with van der Waals surface area (Å²) < 4.78 is 12.1. The average Bonchev–Trinajstić information content (AvgIpc) is 3.13. The van der Waals surface area contributed by atoms with Gasteiger partial charge in [0.05, 0.1) is 23.6 Å². The second-order valence-corrected chi connectivity index (χ2v) is 10.6. The number of carbonyl (C=O) groups excluding carboxylic acids is 1. The van der Waals surface area contributed by atoms with Crippen LogP contribution < -0.4 is 10.2 Å². The van der Waals surface area contributed by atoms with Crippen molar-refractivity contribution in [3.05, 3.63) is 109 Å². The van der Waals surface area contributed by atoms with Crippen LogP contribution in [0.5, 0.6) is 5.75 Å². The van der Waals surface area contributed by atoms with E-state index in [4.69, 9.17) is 20.8 Å². The van der Waals surface area contributed by atoms with Crippen LogP contribution in [0.1, 0.15) is 64.7 Å². The van der Waals surface area contributed by atoms with Crippen molar-refractivity contribution in [3.63, 3.8) is 0 Å². The Kier molecular flexibility index (Phi) is 6.82. The van der Waals surface area contributed by atoms with Crippen LogP contribution in [-0.2, 0) is 6.54 Å². The fourth-order valence-corrected chi connectivity index (χ4v) is 4.89. The summed E-state index contributed by atoms with van der Waals surface area (Å²) in [6.07, 6.45) is 0.935. The van der Waals surface area contributed by atoms with Gasteiger partial charge in [-0.3, -0.25) is 9.59 Å². The number of amides is 1. The monoisotopic (exact) mass is 515 g/mol. The fourth-order valence-electron chi connectivity index (χ4n) is 4.73. The van der Waals surface area contributed by atoms with Crippen LogP contribution in [0.3, 0.4) is 0 Å². The van der Waals surface area contributed by atoms with E-state index in [1.807, 2.05) is 62.4 Å². The van der Waals surface area contributed by atoms with Crippen molar-refractivity contribution in [2.24, 2.45) is 5.92 Å². The van der Waals surface area contributed by atoms with E-state index in [-0.39, 0.29) is 17.1 Å². The van der Waals surface area contributed by atoms with Gasteiger partial charge in [0.25, 0.3) is 5.91 Å². The number of ether oxygens (including phenoxy) is 1. The molecule has 1 unspecified atom stereocenters. The second-order valence-electron chi connectivity index (χ2n) is 10.2. The molecule has 0 spiro atoms. The highest BCUT2D eigenvalue weighted by atomic mass is 35.5. The van der Waals surface area contributed by atoms with Crippen LogP contribution in [0.15, 0.2) is 69.9 Å². The van der Waals surface area contributed by atoms with E-state index in [2.05, 4.69) is 13.8 Å². The second kappa shape index (κ2) is 10.1. The molecule has 0 fully saturated rings. The van der Waals surface area contributed by atoms with E-state index >= 15 is 0 Å². The Balaban J connectivity index is 1.64. The summed E-state index contributed by atoms with van der Waals surface area (Å²) in [5, 5.41) is 0.853. The third-order valence-corrected chi connectivity index (χ3v) is 7.27. The summed E-state index contributed by atoms with van der Waals surface area (Å²) in [5.74, 6) is 1.01. The van der Waals surface area contributed by atoms with Gasteiger partial charge in [-0.1, -0.05) is 67.4 Å². The predicted molar refractivity (Wildman–Crippen MR) is 147 cm³/mol. The van der Waals surface area contributed by atoms with Gasteiger partial charge in [0.2, 0.25) is 5.76 Å². The normalized spacial score (nSPS) is 15.0. The Morgan fingerprint density at radius 2 is 1.78 bits per heavy atom. The first-order valence-corrected chi connectivity index (χ1v) is 13.0. The van der Waals surface area contributed by atoms with Gasteiger partial charge in [-0.05, 0) is 67.1 Å². The first kappa shape index (κ1) is 25.1. The molecule has 2 heterocycles. The topological polar surface area (TPSA) is 59.8 Å². The van der Waals surface area contributed by atoms with Crippen molar-refractivity contribution >= 4 is 28.5 Å². The minimum atomic E-state index is -0.613. The standard InChI is InChI=1S/C31H30ClNO4/c1-18(2)12-13-36-23-7-5-6-22(15-23)28-27-29(34)24-16-25(32)20(4)14-26(24)37-30(27)31(35)33(28)17-21-10-8-19(3)9-11-21/h5-11,14-16,18,28H,12-13,17H2,1-4H3. The van der Waals surface area contributed by atoms with Crippen LogP contribution in [0.2, 0.25) is 5.02 Å². The number of rotatable bonds is 7. The summed E-state index contributed by atoms with van der Waals surface area (Å²) in [5.41, 5.74) is 4.14. The van der Waals surface area contributed by atoms with Gasteiger partial charge < -0.3 is 14.1 Å². The number of hydrogen-bond acceptors (Lipinski definition) is 4. The first-order valence-electron chi connectivity index (χ1n) is 12.6. The van der Waals surface area contributed by atoms with Gasteiger partial charge in [-0.15, -0.1) is 0 Å². The number of carbonyl (C=O) groups is 1. The molecule has 6 heteroatoms. The Labute approximate surface area is 221 Å². The van der Waals surface area contributed by atoms with Crippen LogP contribution >= 0.6 is 11.6 Å². The molecule has 4 aromatic rings. The Hall–Kier alpha value is -3.57. The highest BCUT2D eigenvalue weighted by Gasteiger charge is 2.43. The lowest BCUT2D eigenvalue weighted by atomic mass is 9.97. The number of benzene rings is 3. The molecule has 1 atom stereocenters. The summed E-state index contributed by atoms with van der Waals surface area (Å²) in [6.45, 7) is 9.10. The lowest BCUT2D eigenvalue weighted by Crippen LogP contribution is -2.29. The molecule has 0 aliphatic carbocycles. The molecule has 5 rings (SSSR count). The maximum Gasteiger partial charge on any atom is 0.291 e. The lowest BCUT2D eigenvalue weighted by Gasteiger charge is -2.25. The molecule has 1 amide bonds. The van der Waals surface area contributed by atoms with Crippen LogP contribution in [-0.4, -0.2) is 17.4 Å². The maximum absolute atomic E-state index is 13.9. The number of nitrogens with zero attached hydrogens (tertiary/aromatic N) is 1. The molecule has 37 heavy (non-hydrogen) atoms. The molecule has 1 aromatic heterocycles. The third kappa shape index (κ3) is 4.88. The minimum absolute atomic E-state index is 0.0856. The summed E-state index contributed by atoms with van der Waals surface area (Å²) >= 11 is 6.36. The Morgan fingerprint density at radius 3 is 2.51 bits per heavy atom. The van der Waals surface area contributed by atoms with Gasteiger partial charge in [0.15, 0.2) is 5.43 Å². The van der Waals surface area contributed by atoms with E-state index in [0.717, 1.165) is 28.7 Å². The molecule has 1 aliphatic heterocycles. The Morgan fingerprint density at radius 1 is 1.03 bits per heavy atom. The largest absolute Gasteiger partial charge is 0.494 e. The molecule has 5 nitrogen and oxygen atoms in total. The highest BCUT2D eigenvalue weighted by molar-refractivity contribution is 6.32. The molecular formula is C31H30ClNO4. The van der Waals surface area contributed by atoms with E-state index in [1.165, 1.54) is 0 Å². The van der Waals surface area contributed by atoms with E-state index < -0.39 is 6.04 Å². The van der Waals surface area contributed by atoms with E-state index in [9.17, 15) is 9.59 Å². The molecule has 0 saturated carbocycles. The van der Waals surface area contributed by atoms with Crippen molar-refractivity contribution in [2.45, 2.75) is 46.7 Å². The van der Waals surface area contributed by atoms with Gasteiger partial charge in [-0.25, -0.2) is 0 Å². The number of hydrogen-bond donors (Lipinski definition) is 0. The molecular weight excluding hydrogens is 486 g/mol. The van der Waals surface area contributed by atoms with Gasteiger partial charge in [0.1, 0.15) is 11.3 Å². The van der Waals surface area contributed by atoms with Crippen LogP contribution in [0.4, 0.5) is 0 Å². The SMILES string of the molecule is Cc1ccc(CN2C(=O)c3oc4cc(C)c(Cl)cc4c(=O)c3C2c2cccc(OCCC(C)C)c2)cc1. The van der Waals surface area contributed by atoms with Crippen molar-refractivity contribution in [1.29, 1.82) is 0 Å². The molecule has 0 saturated heterocycles. The third-order valence-electron chi connectivity index (χ3n) is 6.86. The first-order chi connectivity index (χ1) is 17.7. The minimum Gasteiger partial charge on any atom is -0.494 e. The average molecular weight is 516 g/mol. The van der Waals surface area contributed by atoms with Crippen molar-refractivity contribution in [2.75, 3.05) is 6.61 Å². The molecule has 0 radical (unpaired) electrons. The zero-order valence-corrected chi connectivity index (χ0v) is 22.3. The van der Waals surface area contributed by atoms with Gasteiger partial charge in [0, 0.05) is 11.6 Å². The van der Waals surface area contributed by atoms with E-state index in [0.29, 0.717) is 46.4 Å². The zero-order chi connectivity index (χ0) is 26.3. The van der Waals surface area contributed by atoms with Crippen molar-refractivity contribution in [1.82, 2.24) is 4.90 Å². The van der Waals surface area contributed by atoms with Gasteiger partial charge in [-0.2, -0.15) is 0 Å². The van der Waals surface area contributed by atoms with Crippen LogP contribution in [0.25, 0.3) is 11.0 Å². The van der Waals surface area contributed by atoms with Gasteiger partial charge >= 0.3 is 0 Å². The van der Waals surface area contributed by atoms with Crippen molar-refractivity contribution < 1.29 is 13.9 Å². The summed E-state index contributed by atoms with van der Waals surface area (Å²) in [4.78, 5) is 29.3. The summed E-state index contributed by atoms with van der Waals surface area (Å²) in [6, 6.07) is 18.4. The molecule has 1 aliphatic rings. The maximum atomic E-state index is 13.9. The molecule has 0 N–H and O–H groups in total. The van der Waals surface area contributed by atoms with Crippen LogP contribution in [0, 0.1) is 19.8 Å². The molecule has 3 aromatic carbocycles. The highest BCUT2D eigenvalue weighted by Crippen LogP contribution is 2.40. The Bertz CT molecular complexity index is 1540. The molecule has 0 bridgehead atoms. The van der Waals surface area contributed by atoms with E-state index in [1.54, 1.807) is 17.0 Å². The fraction of sp³-hybridized carbons (Fsp3) is 0.290. The molecule has 190 valence electrons. The summed E-state index contributed by atoms with van der Waals surface area (Å²) in [7, 11) is 0. The zero-order valence-electron chi connectivity index (χ0n) is 21.5. The number of halogens is 1. The smallest absolute Gasteiger partial charge is 0.291 e. The quantitative estimate of drug-likeness (QED) is 0.260. The predicted octanol–water partition coefficient (Wildman–Crippen LogP) is 7.23. The van der Waals surface area contributed by atoms with Crippen molar-refractivity contribution in [3.8, 4) is 5.75 Å².